The van der Waals surface area contributed by atoms with Gasteiger partial charge in [-0.25, -0.2) is 0 Å². The predicted octanol–water partition coefficient (Wildman–Crippen LogP) is 1.46. The summed E-state index contributed by atoms with van der Waals surface area (Å²) in [6.07, 6.45) is 1.90. The van der Waals surface area contributed by atoms with Gasteiger partial charge < -0.3 is 24.4 Å². The Hall–Kier alpha value is -2.28. The van der Waals surface area contributed by atoms with Crippen LogP contribution in [0.3, 0.4) is 0 Å². The van der Waals surface area contributed by atoms with Gasteiger partial charge in [0.1, 0.15) is 0 Å². The number of ether oxygens (including phenoxy) is 3. The number of benzene rings is 1. The van der Waals surface area contributed by atoms with Crippen LogP contribution in [0.4, 0.5) is 0 Å². The number of nitrogens with one attached hydrogen (secondary N) is 1. The van der Waals surface area contributed by atoms with E-state index in [4.69, 9.17) is 14.2 Å². The van der Waals surface area contributed by atoms with Crippen LogP contribution in [-0.2, 0) is 9.53 Å². The molecule has 0 atom stereocenters. The number of hydrogen-bond acceptors (Lipinski definition) is 5. The van der Waals surface area contributed by atoms with E-state index in [1.54, 1.807) is 32.4 Å². The summed E-state index contributed by atoms with van der Waals surface area (Å²) in [5.74, 6) is 1.06. The van der Waals surface area contributed by atoms with Crippen molar-refractivity contribution in [2.45, 2.75) is 25.3 Å². The van der Waals surface area contributed by atoms with Gasteiger partial charge in [-0.2, -0.15) is 0 Å². The Bertz CT molecular complexity index is 597. The molecule has 1 aromatic rings. The molecular weight excluding hydrogens is 324 g/mol. The molecule has 25 heavy (non-hydrogen) atoms. The maximum Gasteiger partial charge on any atom is 0.251 e. The van der Waals surface area contributed by atoms with E-state index in [1.807, 2.05) is 4.90 Å². The first-order valence-electron chi connectivity index (χ1n) is 8.38. The van der Waals surface area contributed by atoms with Crippen molar-refractivity contribution in [1.82, 2.24) is 10.2 Å². The lowest BCUT2D eigenvalue weighted by molar-refractivity contribution is -0.133. The van der Waals surface area contributed by atoms with Gasteiger partial charge in [0, 0.05) is 31.8 Å². The van der Waals surface area contributed by atoms with Gasteiger partial charge >= 0.3 is 0 Å². The molecule has 138 valence electrons. The maximum atomic E-state index is 12.4. The Kier molecular flexibility index (Phi) is 7.06. The average Bonchev–Trinajstić information content (AvgIpc) is 2.65. The highest BCUT2D eigenvalue weighted by Crippen LogP contribution is 2.27. The smallest absolute Gasteiger partial charge is 0.251 e. The van der Waals surface area contributed by atoms with Crippen molar-refractivity contribution in [2.75, 3.05) is 41.0 Å². The van der Waals surface area contributed by atoms with Gasteiger partial charge in [-0.3, -0.25) is 9.59 Å². The molecule has 1 aliphatic rings. The fourth-order valence-electron chi connectivity index (χ4n) is 2.87. The molecular formula is C18H26N2O5. The lowest BCUT2D eigenvalue weighted by atomic mass is 10.0. The topological polar surface area (TPSA) is 77.1 Å². The van der Waals surface area contributed by atoms with E-state index in [0.29, 0.717) is 43.2 Å². The van der Waals surface area contributed by atoms with Crippen LogP contribution in [-0.4, -0.2) is 63.8 Å². The third kappa shape index (κ3) is 5.09. The minimum absolute atomic E-state index is 0.0621. The quantitative estimate of drug-likeness (QED) is 0.806. The summed E-state index contributed by atoms with van der Waals surface area (Å²) in [6.45, 7) is 1.74. The van der Waals surface area contributed by atoms with E-state index in [-0.39, 0.29) is 17.9 Å². The van der Waals surface area contributed by atoms with E-state index < -0.39 is 0 Å². The summed E-state index contributed by atoms with van der Waals surface area (Å²) < 4.78 is 15.3. The highest BCUT2D eigenvalue weighted by Gasteiger charge is 2.24. The molecule has 0 aliphatic carbocycles. The van der Waals surface area contributed by atoms with E-state index in [2.05, 4.69) is 5.32 Å². The molecule has 0 spiro atoms. The molecule has 1 saturated heterocycles. The first-order chi connectivity index (χ1) is 12.1. The van der Waals surface area contributed by atoms with Gasteiger partial charge in [0.05, 0.1) is 27.2 Å². The highest BCUT2D eigenvalue weighted by molar-refractivity contribution is 5.95. The van der Waals surface area contributed by atoms with Crippen molar-refractivity contribution < 1.29 is 23.8 Å². The molecule has 7 nitrogen and oxygen atoms in total. The number of methoxy groups -OCH3 is 3. The summed E-state index contributed by atoms with van der Waals surface area (Å²) in [6, 6.07) is 5.15. The number of hydrogen-bond donors (Lipinski definition) is 1. The lowest BCUT2D eigenvalue weighted by Crippen LogP contribution is -2.46. The Balaban J connectivity index is 1.87. The maximum absolute atomic E-state index is 12.4. The molecule has 0 aromatic heterocycles. The van der Waals surface area contributed by atoms with Crippen LogP contribution < -0.4 is 14.8 Å². The van der Waals surface area contributed by atoms with Crippen LogP contribution in [0, 0.1) is 0 Å². The predicted molar refractivity (Wildman–Crippen MR) is 93.1 cm³/mol. The second-order valence-corrected chi connectivity index (χ2v) is 5.94. The molecule has 1 N–H and O–H groups in total. The fourth-order valence-corrected chi connectivity index (χ4v) is 2.87. The zero-order chi connectivity index (χ0) is 18.2. The van der Waals surface area contributed by atoms with Crippen molar-refractivity contribution in [3.8, 4) is 11.5 Å². The zero-order valence-electron chi connectivity index (χ0n) is 15.0. The van der Waals surface area contributed by atoms with Gasteiger partial charge in [-0.15, -0.1) is 0 Å². The number of piperidine rings is 1. The summed E-state index contributed by atoms with van der Waals surface area (Å²) in [7, 11) is 4.68. The second-order valence-electron chi connectivity index (χ2n) is 5.94. The molecule has 0 unspecified atom stereocenters. The Morgan fingerprint density at radius 3 is 2.40 bits per heavy atom. The van der Waals surface area contributed by atoms with Gasteiger partial charge in [0.25, 0.3) is 5.91 Å². The Labute approximate surface area is 148 Å². The van der Waals surface area contributed by atoms with Crippen LogP contribution >= 0.6 is 0 Å². The molecule has 0 bridgehead atoms. The molecule has 2 amide bonds. The Morgan fingerprint density at radius 1 is 1.12 bits per heavy atom. The minimum Gasteiger partial charge on any atom is -0.493 e. The SMILES string of the molecule is COCCC(=O)N1CCC(NC(=O)c2ccc(OC)c(OC)c2)CC1. The van der Waals surface area contributed by atoms with Crippen molar-refractivity contribution in [2.24, 2.45) is 0 Å². The summed E-state index contributed by atoms with van der Waals surface area (Å²) in [5, 5.41) is 3.03. The van der Waals surface area contributed by atoms with Gasteiger partial charge in [-0.05, 0) is 31.0 Å². The number of likely N-dealkylation sites (tertiary alicyclic amines) is 1. The molecule has 0 saturated carbocycles. The van der Waals surface area contributed by atoms with Crippen molar-refractivity contribution in [3.05, 3.63) is 23.8 Å². The summed E-state index contributed by atoms with van der Waals surface area (Å²) in [5.41, 5.74) is 0.524. The van der Waals surface area contributed by atoms with E-state index in [1.165, 1.54) is 7.11 Å². The normalized spacial score (nSPS) is 14.9. The molecule has 0 radical (unpaired) electrons. The average molecular weight is 350 g/mol. The van der Waals surface area contributed by atoms with Gasteiger partial charge in [-0.1, -0.05) is 0 Å². The molecule has 7 heteroatoms. The van der Waals surface area contributed by atoms with E-state index >= 15 is 0 Å². The number of amides is 2. The number of carbonyl (C=O) groups excluding carboxylic acids is 2. The zero-order valence-corrected chi connectivity index (χ0v) is 15.0. The van der Waals surface area contributed by atoms with Crippen LogP contribution in [0.5, 0.6) is 11.5 Å². The fraction of sp³-hybridized carbons (Fsp3) is 0.556. The number of carbonyl (C=O) groups is 2. The number of rotatable bonds is 7. The Morgan fingerprint density at radius 2 is 1.80 bits per heavy atom. The van der Waals surface area contributed by atoms with Crippen molar-refractivity contribution in [1.29, 1.82) is 0 Å². The molecule has 1 aliphatic heterocycles. The summed E-state index contributed by atoms with van der Waals surface area (Å²) in [4.78, 5) is 26.2. The first kappa shape index (κ1) is 19.1. The van der Waals surface area contributed by atoms with Crippen molar-refractivity contribution >= 4 is 11.8 Å². The van der Waals surface area contributed by atoms with E-state index in [0.717, 1.165) is 12.8 Å². The molecule has 1 heterocycles. The van der Waals surface area contributed by atoms with Crippen molar-refractivity contribution in [3.63, 3.8) is 0 Å². The van der Waals surface area contributed by atoms with Crippen LogP contribution in [0.1, 0.15) is 29.6 Å². The van der Waals surface area contributed by atoms with Gasteiger partial charge in [0.15, 0.2) is 11.5 Å². The van der Waals surface area contributed by atoms with Crippen LogP contribution in [0.15, 0.2) is 18.2 Å². The van der Waals surface area contributed by atoms with Crippen LogP contribution in [0.25, 0.3) is 0 Å². The number of nitrogens with zero attached hydrogens (tertiary/aromatic N) is 1. The summed E-state index contributed by atoms with van der Waals surface area (Å²) >= 11 is 0. The lowest BCUT2D eigenvalue weighted by Gasteiger charge is -2.32. The van der Waals surface area contributed by atoms with Gasteiger partial charge in [0.2, 0.25) is 5.91 Å². The molecule has 1 aromatic carbocycles. The largest absolute Gasteiger partial charge is 0.493 e. The third-order valence-corrected chi connectivity index (χ3v) is 4.35. The monoisotopic (exact) mass is 350 g/mol. The second kappa shape index (κ2) is 9.27. The third-order valence-electron chi connectivity index (χ3n) is 4.35. The molecule has 1 fully saturated rings. The highest BCUT2D eigenvalue weighted by atomic mass is 16.5. The van der Waals surface area contributed by atoms with E-state index in [9.17, 15) is 9.59 Å². The molecule has 2 rings (SSSR count). The first-order valence-corrected chi connectivity index (χ1v) is 8.38. The minimum atomic E-state index is -0.148. The standard InChI is InChI=1S/C18H26N2O5/c1-23-11-8-17(21)20-9-6-14(7-10-20)19-18(22)13-4-5-15(24-2)16(12-13)25-3/h4-5,12,14H,6-11H2,1-3H3,(H,19,22). The van der Waals surface area contributed by atoms with Crippen LogP contribution in [0.2, 0.25) is 0 Å².